The summed E-state index contributed by atoms with van der Waals surface area (Å²) in [4.78, 5) is 7.89. The number of rotatable bonds is 3. The topological polar surface area (TPSA) is 102 Å². The molecule has 0 spiro atoms. The monoisotopic (exact) mass is 218 g/mol. The molecular weight excluding hydrogens is 208 g/mol. The minimum atomic E-state index is -0.0179. The van der Waals surface area contributed by atoms with E-state index >= 15 is 0 Å². The summed E-state index contributed by atoms with van der Waals surface area (Å²) in [7, 11) is 0. The van der Waals surface area contributed by atoms with Crippen molar-refractivity contribution in [1.82, 2.24) is 19.7 Å². The van der Waals surface area contributed by atoms with E-state index in [0.29, 0.717) is 12.2 Å². The molecule has 0 amide bonds. The fourth-order valence-electron chi connectivity index (χ4n) is 1.33. The van der Waals surface area contributed by atoms with Crippen molar-refractivity contribution >= 4 is 5.84 Å². The van der Waals surface area contributed by atoms with Crippen LogP contribution in [0.15, 0.2) is 36.1 Å². The standard InChI is InChI=1S/C9H10N6O/c10-9(14-16)8-7(2-1-3-12-8)4-15-6-11-5-13-15/h1-3,5-6,16H,4H2,(H2,10,14). The van der Waals surface area contributed by atoms with Crippen LogP contribution >= 0.6 is 0 Å². The quantitative estimate of drug-likeness (QED) is 0.322. The van der Waals surface area contributed by atoms with E-state index in [1.54, 1.807) is 23.3 Å². The summed E-state index contributed by atoms with van der Waals surface area (Å²) >= 11 is 0. The number of amidine groups is 1. The first kappa shape index (κ1) is 10.1. The fraction of sp³-hybridized carbons (Fsp3) is 0.111. The Morgan fingerprint density at radius 2 is 2.44 bits per heavy atom. The maximum absolute atomic E-state index is 8.63. The van der Waals surface area contributed by atoms with Gasteiger partial charge in [-0.3, -0.25) is 4.98 Å². The van der Waals surface area contributed by atoms with Crippen molar-refractivity contribution in [1.29, 1.82) is 0 Å². The Labute approximate surface area is 91.2 Å². The average Bonchev–Trinajstić information content (AvgIpc) is 2.82. The predicted molar refractivity (Wildman–Crippen MR) is 55.9 cm³/mol. The molecule has 0 fully saturated rings. The van der Waals surface area contributed by atoms with Crippen LogP contribution in [-0.4, -0.2) is 30.8 Å². The summed E-state index contributed by atoms with van der Waals surface area (Å²) in [6.45, 7) is 0.472. The molecule has 2 rings (SSSR count). The van der Waals surface area contributed by atoms with Gasteiger partial charge in [0.25, 0.3) is 0 Å². The lowest BCUT2D eigenvalue weighted by Crippen LogP contribution is -2.18. The summed E-state index contributed by atoms with van der Waals surface area (Å²) in [5.41, 5.74) is 6.77. The normalized spacial score (nSPS) is 11.6. The fourth-order valence-corrected chi connectivity index (χ4v) is 1.33. The molecule has 0 radical (unpaired) electrons. The van der Waals surface area contributed by atoms with E-state index in [9.17, 15) is 0 Å². The van der Waals surface area contributed by atoms with E-state index in [1.807, 2.05) is 6.07 Å². The molecule has 82 valence electrons. The summed E-state index contributed by atoms with van der Waals surface area (Å²) in [6.07, 6.45) is 4.61. The third-order valence-corrected chi connectivity index (χ3v) is 2.04. The van der Waals surface area contributed by atoms with Crippen molar-refractivity contribution in [3.8, 4) is 0 Å². The van der Waals surface area contributed by atoms with E-state index in [0.717, 1.165) is 5.56 Å². The van der Waals surface area contributed by atoms with Gasteiger partial charge in [-0.15, -0.1) is 0 Å². The molecule has 0 saturated carbocycles. The van der Waals surface area contributed by atoms with E-state index in [1.165, 1.54) is 6.33 Å². The van der Waals surface area contributed by atoms with Crippen molar-refractivity contribution in [2.24, 2.45) is 10.9 Å². The first-order valence-corrected chi connectivity index (χ1v) is 4.55. The highest BCUT2D eigenvalue weighted by atomic mass is 16.4. The molecule has 0 aliphatic carbocycles. The predicted octanol–water partition coefficient (Wildman–Crippen LogP) is -0.184. The second-order valence-electron chi connectivity index (χ2n) is 3.09. The molecule has 2 heterocycles. The van der Waals surface area contributed by atoms with Crippen LogP contribution in [-0.2, 0) is 6.54 Å². The lowest BCUT2D eigenvalue weighted by molar-refractivity contribution is 0.318. The summed E-state index contributed by atoms with van der Waals surface area (Å²) in [6, 6.07) is 3.61. The van der Waals surface area contributed by atoms with Gasteiger partial charge in [-0.05, 0) is 6.07 Å². The van der Waals surface area contributed by atoms with Crippen molar-refractivity contribution in [2.45, 2.75) is 6.54 Å². The number of hydrogen-bond donors (Lipinski definition) is 2. The number of pyridine rings is 1. The van der Waals surface area contributed by atoms with Gasteiger partial charge in [-0.2, -0.15) is 5.10 Å². The van der Waals surface area contributed by atoms with Crippen molar-refractivity contribution in [3.63, 3.8) is 0 Å². The van der Waals surface area contributed by atoms with Gasteiger partial charge in [0.2, 0.25) is 0 Å². The van der Waals surface area contributed by atoms with Gasteiger partial charge in [-0.25, -0.2) is 9.67 Å². The van der Waals surface area contributed by atoms with Crippen LogP contribution < -0.4 is 5.73 Å². The number of nitrogens with two attached hydrogens (primary N) is 1. The molecule has 7 heteroatoms. The van der Waals surface area contributed by atoms with Gasteiger partial charge >= 0.3 is 0 Å². The molecule has 7 nitrogen and oxygen atoms in total. The maximum atomic E-state index is 8.63. The Kier molecular flexibility index (Phi) is 2.77. The highest BCUT2D eigenvalue weighted by Crippen LogP contribution is 2.06. The average molecular weight is 218 g/mol. The third kappa shape index (κ3) is 1.97. The van der Waals surface area contributed by atoms with Crippen LogP contribution in [0.1, 0.15) is 11.3 Å². The lowest BCUT2D eigenvalue weighted by atomic mass is 10.2. The van der Waals surface area contributed by atoms with E-state index < -0.39 is 0 Å². The van der Waals surface area contributed by atoms with E-state index in [4.69, 9.17) is 10.9 Å². The SMILES string of the molecule is NC(=NO)c1ncccc1Cn1cncn1. The number of aromatic nitrogens is 4. The summed E-state index contributed by atoms with van der Waals surface area (Å²) in [5, 5.41) is 15.5. The van der Waals surface area contributed by atoms with Gasteiger partial charge in [0.15, 0.2) is 5.84 Å². The van der Waals surface area contributed by atoms with Crippen LogP contribution in [0.2, 0.25) is 0 Å². The highest BCUT2D eigenvalue weighted by Gasteiger charge is 2.08. The second-order valence-corrected chi connectivity index (χ2v) is 3.09. The number of oxime groups is 1. The Hall–Kier alpha value is -2.44. The Morgan fingerprint density at radius 3 is 3.12 bits per heavy atom. The van der Waals surface area contributed by atoms with Crippen molar-refractivity contribution in [2.75, 3.05) is 0 Å². The van der Waals surface area contributed by atoms with Gasteiger partial charge < -0.3 is 10.9 Å². The number of nitrogens with zero attached hydrogens (tertiary/aromatic N) is 5. The zero-order chi connectivity index (χ0) is 11.4. The highest BCUT2D eigenvalue weighted by molar-refractivity contribution is 5.96. The Balaban J connectivity index is 2.34. The van der Waals surface area contributed by atoms with Gasteiger partial charge in [0.05, 0.1) is 6.54 Å². The van der Waals surface area contributed by atoms with Gasteiger partial charge in [0, 0.05) is 11.8 Å². The molecule has 0 saturated heterocycles. The molecule has 16 heavy (non-hydrogen) atoms. The van der Waals surface area contributed by atoms with E-state index in [2.05, 4.69) is 20.2 Å². The minimum Gasteiger partial charge on any atom is -0.409 e. The molecule has 2 aromatic rings. The zero-order valence-electron chi connectivity index (χ0n) is 8.35. The van der Waals surface area contributed by atoms with Crippen LogP contribution in [0, 0.1) is 0 Å². The minimum absolute atomic E-state index is 0.0179. The van der Waals surface area contributed by atoms with Crippen LogP contribution in [0.3, 0.4) is 0 Å². The van der Waals surface area contributed by atoms with Crippen molar-refractivity contribution < 1.29 is 5.21 Å². The van der Waals surface area contributed by atoms with Crippen LogP contribution in [0.5, 0.6) is 0 Å². The largest absolute Gasteiger partial charge is 0.409 e. The van der Waals surface area contributed by atoms with Crippen LogP contribution in [0.25, 0.3) is 0 Å². The van der Waals surface area contributed by atoms with E-state index in [-0.39, 0.29) is 5.84 Å². The second kappa shape index (κ2) is 4.39. The summed E-state index contributed by atoms with van der Waals surface area (Å²) < 4.78 is 1.63. The molecule has 0 aliphatic heterocycles. The number of hydrogen-bond acceptors (Lipinski definition) is 5. The molecule has 0 atom stereocenters. The molecule has 0 bridgehead atoms. The Bertz CT molecular complexity index is 492. The molecule has 3 N–H and O–H groups in total. The summed E-state index contributed by atoms with van der Waals surface area (Å²) in [5.74, 6) is -0.0179. The molecule has 2 aromatic heterocycles. The van der Waals surface area contributed by atoms with Gasteiger partial charge in [0.1, 0.15) is 18.3 Å². The molecule has 0 aliphatic rings. The zero-order valence-corrected chi connectivity index (χ0v) is 8.35. The van der Waals surface area contributed by atoms with Crippen molar-refractivity contribution in [3.05, 3.63) is 42.2 Å². The third-order valence-electron chi connectivity index (χ3n) is 2.04. The lowest BCUT2D eigenvalue weighted by Gasteiger charge is -2.06. The molecular formula is C9H10N6O. The first-order valence-electron chi connectivity index (χ1n) is 4.55. The molecule has 0 unspecified atom stereocenters. The maximum Gasteiger partial charge on any atom is 0.189 e. The van der Waals surface area contributed by atoms with Crippen LogP contribution in [0.4, 0.5) is 0 Å². The first-order chi connectivity index (χ1) is 7.81. The Morgan fingerprint density at radius 1 is 1.56 bits per heavy atom. The smallest absolute Gasteiger partial charge is 0.189 e. The molecule has 0 aromatic carbocycles. The van der Waals surface area contributed by atoms with Gasteiger partial charge in [-0.1, -0.05) is 11.2 Å².